The van der Waals surface area contributed by atoms with Crippen LogP contribution in [0.25, 0.3) is 0 Å². The number of carbonyl (C=O) groups is 1. The summed E-state index contributed by atoms with van der Waals surface area (Å²) in [5.41, 5.74) is 0.200. The molecule has 0 fully saturated rings. The average molecular weight is 209 g/mol. The van der Waals surface area contributed by atoms with E-state index in [0.29, 0.717) is 0 Å². The van der Waals surface area contributed by atoms with Crippen molar-refractivity contribution in [2.75, 3.05) is 12.4 Å². The van der Waals surface area contributed by atoms with Crippen LogP contribution in [0.3, 0.4) is 0 Å². The molecule has 0 saturated heterocycles. The molecule has 13 heavy (non-hydrogen) atoms. The van der Waals surface area contributed by atoms with Crippen molar-refractivity contribution >= 4 is 16.1 Å². The van der Waals surface area contributed by atoms with Gasteiger partial charge in [-0.15, -0.1) is 0 Å². The first kappa shape index (κ1) is 12.1. The van der Waals surface area contributed by atoms with E-state index >= 15 is 0 Å². The van der Waals surface area contributed by atoms with E-state index in [0.717, 1.165) is 0 Å². The maximum Gasteiger partial charge on any atom is 0.333 e. The van der Waals surface area contributed by atoms with Crippen molar-refractivity contribution in [2.24, 2.45) is 5.90 Å². The van der Waals surface area contributed by atoms with E-state index in [1.165, 1.54) is 6.92 Å². The van der Waals surface area contributed by atoms with Crippen LogP contribution >= 0.6 is 0 Å². The minimum absolute atomic E-state index is 0.200. The van der Waals surface area contributed by atoms with Gasteiger partial charge in [-0.1, -0.05) is 6.58 Å². The smallest absolute Gasteiger partial charge is 0.333 e. The largest absolute Gasteiger partial charge is 0.461 e. The summed E-state index contributed by atoms with van der Waals surface area (Å²) in [5, 5.41) is 0. The summed E-state index contributed by atoms with van der Waals surface area (Å²) >= 11 is 0. The molecule has 0 unspecified atom stereocenters. The number of nitrogens with two attached hydrogens (primary N) is 1. The Morgan fingerprint density at radius 1 is 1.54 bits per heavy atom. The van der Waals surface area contributed by atoms with Gasteiger partial charge in [-0.25, -0.2) is 4.79 Å². The summed E-state index contributed by atoms with van der Waals surface area (Å²) in [6.07, 6.45) is 0. The molecule has 7 heteroatoms. The van der Waals surface area contributed by atoms with Gasteiger partial charge in [-0.2, -0.15) is 18.6 Å². The molecule has 0 spiro atoms. The quantitative estimate of drug-likeness (QED) is 0.366. The number of hydrogen-bond acceptors (Lipinski definition) is 6. The zero-order valence-electron chi connectivity index (χ0n) is 7.15. The van der Waals surface area contributed by atoms with Gasteiger partial charge in [0.25, 0.3) is 10.1 Å². The first-order valence-corrected chi connectivity index (χ1v) is 4.90. The normalized spacial score (nSPS) is 10.9. The van der Waals surface area contributed by atoms with E-state index in [-0.39, 0.29) is 12.2 Å². The van der Waals surface area contributed by atoms with Crippen LogP contribution in [-0.2, 0) is 23.9 Å². The molecule has 0 aromatic rings. The molecule has 0 aliphatic rings. The Kier molecular flexibility index (Phi) is 4.60. The lowest BCUT2D eigenvalue weighted by Gasteiger charge is -2.03. The predicted octanol–water partition coefficient (Wildman–Crippen LogP) is -0.674. The van der Waals surface area contributed by atoms with Crippen LogP contribution in [-0.4, -0.2) is 26.7 Å². The third-order valence-electron chi connectivity index (χ3n) is 1.06. The highest BCUT2D eigenvalue weighted by Gasteiger charge is 2.11. The van der Waals surface area contributed by atoms with Crippen molar-refractivity contribution in [3.05, 3.63) is 12.2 Å². The van der Waals surface area contributed by atoms with Crippen molar-refractivity contribution in [3.8, 4) is 0 Å². The molecule has 0 atom stereocenters. The van der Waals surface area contributed by atoms with Crippen LogP contribution in [0.4, 0.5) is 0 Å². The molecule has 0 heterocycles. The van der Waals surface area contributed by atoms with E-state index in [1.807, 2.05) is 0 Å². The fourth-order valence-corrected chi connectivity index (χ4v) is 0.791. The van der Waals surface area contributed by atoms with Gasteiger partial charge in [0.05, 0.1) is 0 Å². The molecule has 0 aromatic carbocycles. The monoisotopic (exact) mass is 209 g/mol. The maximum absolute atomic E-state index is 10.7. The summed E-state index contributed by atoms with van der Waals surface area (Å²) in [6, 6.07) is 0. The Balaban J connectivity index is 3.82. The van der Waals surface area contributed by atoms with Crippen molar-refractivity contribution in [2.45, 2.75) is 6.92 Å². The number of rotatable bonds is 5. The Labute approximate surface area is 76.4 Å². The number of esters is 1. The fraction of sp³-hybridized carbons (Fsp3) is 0.500. The van der Waals surface area contributed by atoms with Crippen molar-refractivity contribution < 1.29 is 22.2 Å². The van der Waals surface area contributed by atoms with Gasteiger partial charge in [0.1, 0.15) is 12.4 Å². The third-order valence-corrected chi connectivity index (χ3v) is 2.02. The Morgan fingerprint density at radius 3 is 2.46 bits per heavy atom. The van der Waals surface area contributed by atoms with Crippen LogP contribution in [0.2, 0.25) is 0 Å². The SMILES string of the molecule is C=C(C)C(=O)OCCS(=O)(=O)ON. The molecule has 2 N–H and O–H groups in total. The molecule has 0 aliphatic heterocycles. The van der Waals surface area contributed by atoms with E-state index < -0.39 is 21.8 Å². The van der Waals surface area contributed by atoms with Crippen LogP contribution in [0.1, 0.15) is 6.92 Å². The average Bonchev–Trinajstić information content (AvgIpc) is 2.04. The molecule has 0 rings (SSSR count). The van der Waals surface area contributed by atoms with Gasteiger partial charge in [-0.05, 0) is 6.92 Å². The molecular formula is C6H11NO5S. The molecule has 0 bridgehead atoms. The molecule has 0 amide bonds. The molecule has 0 aliphatic carbocycles. The second kappa shape index (κ2) is 4.95. The maximum atomic E-state index is 10.7. The summed E-state index contributed by atoms with van der Waals surface area (Å²) in [6.45, 7) is 4.46. The lowest BCUT2D eigenvalue weighted by Crippen LogP contribution is -2.20. The van der Waals surface area contributed by atoms with Crippen molar-refractivity contribution in [1.29, 1.82) is 0 Å². The van der Waals surface area contributed by atoms with Crippen LogP contribution in [0.15, 0.2) is 12.2 Å². The lowest BCUT2D eigenvalue weighted by atomic mass is 10.4. The third kappa shape index (κ3) is 5.34. The van der Waals surface area contributed by atoms with Gasteiger partial charge >= 0.3 is 5.97 Å². The molecule has 0 radical (unpaired) electrons. The Hall–Kier alpha value is -0.920. The van der Waals surface area contributed by atoms with E-state index in [9.17, 15) is 13.2 Å². The predicted molar refractivity (Wildman–Crippen MR) is 44.8 cm³/mol. The van der Waals surface area contributed by atoms with Gasteiger partial charge in [-0.3, -0.25) is 0 Å². The highest BCUT2D eigenvalue weighted by Crippen LogP contribution is 1.94. The standard InChI is InChI=1S/C6H11NO5S/c1-5(2)6(8)11-3-4-13(9,10)12-7/h1,3-4,7H2,2H3. The molecular weight excluding hydrogens is 198 g/mol. The van der Waals surface area contributed by atoms with Gasteiger partial charge in [0, 0.05) is 5.57 Å². The van der Waals surface area contributed by atoms with E-state index in [4.69, 9.17) is 0 Å². The topological polar surface area (TPSA) is 95.7 Å². The zero-order valence-corrected chi connectivity index (χ0v) is 7.96. The Bertz CT molecular complexity index is 294. The van der Waals surface area contributed by atoms with Crippen molar-refractivity contribution in [1.82, 2.24) is 0 Å². The molecule has 76 valence electrons. The molecule has 0 saturated carbocycles. The first-order chi connectivity index (χ1) is 5.89. The second-order valence-corrected chi connectivity index (χ2v) is 3.99. The van der Waals surface area contributed by atoms with Gasteiger partial charge < -0.3 is 4.74 Å². The molecule has 6 nitrogen and oxygen atoms in total. The van der Waals surface area contributed by atoms with Gasteiger partial charge in [0.2, 0.25) is 0 Å². The highest BCUT2D eigenvalue weighted by molar-refractivity contribution is 7.86. The van der Waals surface area contributed by atoms with E-state index in [1.54, 1.807) is 0 Å². The second-order valence-electron chi connectivity index (χ2n) is 2.27. The van der Waals surface area contributed by atoms with Crippen LogP contribution < -0.4 is 5.90 Å². The summed E-state index contributed by atoms with van der Waals surface area (Å²) in [5.74, 6) is 3.32. The first-order valence-electron chi connectivity index (χ1n) is 3.32. The lowest BCUT2D eigenvalue weighted by molar-refractivity contribution is -0.138. The van der Waals surface area contributed by atoms with E-state index in [2.05, 4.69) is 21.5 Å². The minimum Gasteiger partial charge on any atom is -0.461 e. The molecule has 0 aromatic heterocycles. The number of hydrogen-bond donors (Lipinski definition) is 1. The van der Waals surface area contributed by atoms with Crippen LogP contribution in [0, 0.1) is 0 Å². The summed E-state index contributed by atoms with van der Waals surface area (Å²) in [7, 11) is -3.77. The highest BCUT2D eigenvalue weighted by atomic mass is 32.2. The fourth-order valence-electron chi connectivity index (χ4n) is 0.408. The zero-order chi connectivity index (χ0) is 10.5. The summed E-state index contributed by atoms with van der Waals surface area (Å²) < 4.78 is 29.3. The van der Waals surface area contributed by atoms with Gasteiger partial charge in [0.15, 0.2) is 0 Å². The minimum atomic E-state index is -3.77. The summed E-state index contributed by atoms with van der Waals surface area (Å²) in [4.78, 5) is 10.7. The van der Waals surface area contributed by atoms with Crippen molar-refractivity contribution in [3.63, 3.8) is 0 Å². The number of carbonyl (C=O) groups excluding carboxylic acids is 1. The number of ether oxygens (including phenoxy) is 1. The van der Waals surface area contributed by atoms with Crippen LogP contribution in [0.5, 0.6) is 0 Å². The Morgan fingerprint density at radius 2 is 2.08 bits per heavy atom.